The fourth-order valence-electron chi connectivity index (χ4n) is 4.45. The quantitative estimate of drug-likeness (QED) is 0.603. The maximum Gasteiger partial charge on any atom is 0.280 e. The molecular formula is C24H24F2N4O3S. The summed E-state index contributed by atoms with van der Waals surface area (Å²) in [6.45, 7) is 0.997. The van der Waals surface area contributed by atoms with Gasteiger partial charge in [-0.05, 0) is 54.7 Å². The highest BCUT2D eigenvalue weighted by Gasteiger charge is 2.23. The standard InChI is InChI=1S/C24H24F2N4O3S/c25-22(26)15-2-1-3-16(12-15)23(32)28-24-27-19-13-18(29-8-9-33-14-21(29)31)4-5-20(19)30(24)17-6-10-34-11-7-17/h1-5,12-13,17,22H,6-11,14H2,(H,27,28,32). The summed E-state index contributed by atoms with van der Waals surface area (Å²) in [7, 11) is 0. The van der Waals surface area contributed by atoms with E-state index in [9.17, 15) is 18.4 Å². The van der Waals surface area contributed by atoms with E-state index in [4.69, 9.17) is 4.74 Å². The number of rotatable bonds is 4. The monoisotopic (exact) mass is 486 g/mol. The first-order chi connectivity index (χ1) is 16.5. The number of imidazole rings is 1. The van der Waals surface area contributed by atoms with Gasteiger partial charge in [0.25, 0.3) is 18.2 Å². The number of carbonyl (C=O) groups excluding carboxylic acids is 2. The molecule has 2 aliphatic heterocycles. The molecule has 2 fully saturated rings. The molecule has 0 radical (unpaired) electrons. The number of nitrogens with one attached hydrogen (secondary N) is 1. The Morgan fingerprint density at radius 2 is 2.00 bits per heavy atom. The Hall–Kier alpha value is -2.98. The molecule has 2 saturated heterocycles. The number of halogens is 2. The van der Waals surface area contributed by atoms with Gasteiger partial charge in [0.15, 0.2) is 0 Å². The van der Waals surface area contributed by atoms with Crippen molar-refractivity contribution in [3.8, 4) is 0 Å². The van der Waals surface area contributed by atoms with Crippen LogP contribution in [0.4, 0.5) is 14.5 Å². The number of fused-ring (bicyclic) bond motifs is 1. The molecule has 3 aromatic rings. The van der Waals surface area contributed by atoms with Crippen LogP contribution < -0.4 is 10.5 Å². The second-order valence-electron chi connectivity index (χ2n) is 8.30. The van der Waals surface area contributed by atoms with Gasteiger partial charge in [-0.2, -0.15) is 16.8 Å². The number of aromatic nitrogens is 2. The highest BCUT2D eigenvalue weighted by Crippen LogP contribution is 2.30. The summed E-state index contributed by atoms with van der Waals surface area (Å²) in [5.74, 6) is 1.33. The summed E-state index contributed by atoms with van der Waals surface area (Å²) in [5.41, 5.74) is 2.66. The number of aromatic amines is 1. The summed E-state index contributed by atoms with van der Waals surface area (Å²) in [6, 6.07) is 11.3. The molecular weight excluding hydrogens is 462 g/mol. The Bertz CT molecular complexity index is 1300. The average Bonchev–Trinajstić information content (AvgIpc) is 3.21. The number of nitrogens with zero attached hydrogens (tertiary/aromatic N) is 3. The Morgan fingerprint density at radius 1 is 1.18 bits per heavy atom. The minimum absolute atomic E-state index is 0.0509. The number of anilines is 1. The Kier molecular flexibility index (Phi) is 6.51. The van der Waals surface area contributed by atoms with Crippen LogP contribution in [0.15, 0.2) is 47.5 Å². The van der Waals surface area contributed by atoms with E-state index < -0.39 is 12.3 Å². The molecule has 3 heterocycles. The Balaban J connectivity index is 1.59. The highest BCUT2D eigenvalue weighted by molar-refractivity contribution is 7.99. The van der Waals surface area contributed by atoms with Gasteiger partial charge in [-0.25, -0.2) is 8.78 Å². The van der Waals surface area contributed by atoms with Gasteiger partial charge >= 0.3 is 0 Å². The first kappa shape index (κ1) is 22.8. The van der Waals surface area contributed by atoms with Crippen LogP contribution in [0.5, 0.6) is 0 Å². The van der Waals surface area contributed by atoms with Crippen LogP contribution in [-0.4, -0.2) is 52.6 Å². The zero-order valence-electron chi connectivity index (χ0n) is 18.4. The van der Waals surface area contributed by atoms with Crippen molar-refractivity contribution in [1.29, 1.82) is 0 Å². The molecule has 0 atom stereocenters. The van der Waals surface area contributed by atoms with E-state index in [1.54, 1.807) is 4.90 Å². The number of hydrogen-bond donors (Lipinski definition) is 1. The molecule has 0 unspecified atom stereocenters. The van der Waals surface area contributed by atoms with Gasteiger partial charge in [0.2, 0.25) is 5.62 Å². The smallest absolute Gasteiger partial charge is 0.280 e. The molecule has 2 aliphatic rings. The van der Waals surface area contributed by atoms with Crippen molar-refractivity contribution in [1.82, 2.24) is 9.55 Å². The highest BCUT2D eigenvalue weighted by atomic mass is 32.2. The molecule has 0 saturated carbocycles. The number of amides is 2. The van der Waals surface area contributed by atoms with Gasteiger partial charge in [0.1, 0.15) is 6.61 Å². The fourth-order valence-corrected chi connectivity index (χ4v) is 5.53. The number of ether oxygens (including phenoxy) is 1. The van der Waals surface area contributed by atoms with Crippen LogP contribution in [0.2, 0.25) is 0 Å². The summed E-state index contributed by atoms with van der Waals surface area (Å²) in [4.78, 5) is 34.5. The van der Waals surface area contributed by atoms with Crippen LogP contribution in [0.1, 0.15) is 41.2 Å². The lowest BCUT2D eigenvalue weighted by Crippen LogP contribution is -2.41. The van der Waals surface area contributed by atoms with Crippen LogP contribution in [0, 0.1) is 0 Å². The maximum atomic E-state index is 13.1. The zero-order valence-corrected chi connectivity index (χ0v) is 19.2. The second kappa shape index (κ2) is 9.71. The minimum atomic E-state index is -2.66. The number of H-pyrrole nitrogens is 1. The molecule has 1 N–H and O–H groups in total. The SMILES string of the molecule is O=C(/N=c1\[nH]c2cc(N3CCOCC3=O)ccc2n1C1CCSCC1)c1cccc(C(F)F)c1. The van der Waals surface area contributed by atoms with Crippen molar-refractivity contribution in [2.45, 2.75) is 25.3 Å². The maximum absolute atomic E-state index is 13.1. The van der Waals surface area contributed by atoms with Crippen LogP contribution >= 0.6 is 11.8 Å². The number of morpholine rings is 1. The first-order valence-electron chi connectivity index (χ1n) is 11.2. The summed E-state index contributed by atoms with van der Waals surface area (Å²) in [5, 5.41) is 0. The Labute approximate surface area is 198 Å². The summed E-state index contributed by atoms with van der Waals surface area (Å²) >= 11 is 1.90. The lowest BCUT2D eigenvalue weighted by Gasteiger charge is -2.27. The van der Waals surface area contributed by atoms with Crippen molar-refractivity contribution >= 4 is 40.3 Å². The van der Waals surface area contributed by atoms with E-state index in [1.165, 1.54) is 24.3 Å². The third-order valence-electron chi connectivity index (χ3n) is 6.16. The fraction of sp³-hybridized carbons (Fsp3) is 0.375. The van der Waals surface area contributed by atoms with Crippen molar-refractivity contribution < 1.29 is 23.1 Å². The lowest BCUT2D eigenvalue weighted by molar-refractivity contribution is -0.125. The van der Waals surface area contributed by atoms with Crippen molar-refractivity contribution in [2.24, 2.45) is 4.99 Å². The normalized spacial score (nSPS) is 18.3. The van der Waals surface area contributed by atoms with Gasteiger partial charge in [0, 0.05) is 29.4 Å². The van der Waals surface area contributed by atoms with Crippen molar-refractivity contribution in [2.75, 3.05) is 36.2 Å². The molecule has 2 aromatic carbocycles. The van der Waals surface area contributed by atoms with E-state index in [0.29, 0.717) is 18.8 Å². The lowest BCUT2D eigenvalue weighted by atomic mass is 10.1. The predicted octanol–water partition coefficient (Wildman–Crippen LogP) is 4.08. The third-order valence-corrected chi connectivity index (χ3v) is 7.21. The van der Waals surface area contributed by atoms with E-state index >= 15 is 0 Å². The summed E-state index contributed by atoms with van der Waals surface area (Å²) in [6.07, 6.45) is -0.792. The molecule has 178 valence electrons. The number of thioether (sulfide) groups is 1. The Morgan fingerprint density at radius 3 is 2.76 bits per heavy atom. The molecule has 34 heavy (non-hydrogen) atoms. The van der Waals surface area contributed by atoms with Gasteiger partial charge in [-0.3, -0.25) is 9.59 Å². The van der Waals surface area contributed by atoms with Crippen LogP contribution in [0.25, 0.3) is 11.0 Å². The van der Waals surface area contributed by atoms with Crippen LogP contribution in [-0.2, 0) is 9.53 Å². The molecule has 0 spiro atoms. The minimum Gasteiger partial charge on any atom is -0.370 e. The topological polar surface area (TPSA) is 79.7 Å². The largest absolute Gasteiger partial charge is 0.370 e. The molecule has 2 amide bonds. The average molecular weight is 487 g/mol. The number of hydrogen-bond acceptors (Lipinski definition) is 4. The zero-order chi connectivity index (χ0) is 23.7. The predicted molar refractivity (Wildman–Crippen MR) is 126 cm³/mol. The van der Waals surface area contributed by atoms with Crippen molar-refractivity contribution in [3.63, 3.8) is 0 Å². The van der Waals surface area contributed by atoms with E-state index in [-0.39, 0.29) is 29.7 Å². The molecule has 0 bridgehead atoms. The third kappa shape index (κ3) is 4.52. The van der Waals surface area contributed by atoms with Gasteiger partial charge in [-0.15, -0.1) is 0 Å². The number of alkyl halides is 2. The number of carbonyl (C=O) groups is 2. The van der Waals surface area contributed by atoms with E-state index in [0.717, 1.165) is 41.1 Å². The van der Waals surface area contributed by atoms with Crippen molar-refractivity contribution in [3.05, 3.63) is 59.2 Å². The first-order valence-corrected chi connectivity index (χ1v) is 12.3. The van der Waals surface area contributed by atoms with Crippen LogP contribution in [0.3, 0.4) is 0 Å². The molecule has 7 nitrogen and oxygen atoms in total. The molecule has 1 aromatic heterocycles. The second-order valence-corrected chi connectivity index (χ2v) is 9.53. The van der Waals surface area contributed by atoms with E-state index in [2.05, 4.69) is 9.98 Å². The molecule has 0 aliphatic carbocycles. The molecule has 10 heteroatoms. The summed E-state index contributed by atoms with van der Waals surface area (Å²) < 4.78 is 33.5. The number of benzene rings is 2. The van der Waals surface area contributed by atoms with E-state index in [1.807, 2.05) is 34.5 Å². The van der Waals surface area contributed by atoms with Gasteiger partial charge < -0.3 is 19.2 Å². The molecule has 5 rings (SSSR count). The van der Waals surface area contributed by atoms with Gasteiger partial charge in [0.05, 0.1) is 17.6 Å². The van der Waals surface area contributed by atoms with Gasteiger partial charge in [-0.1, -0.05) is 12.1 Å².